The minimum atomic E-state index is -3.53. The van der Waals surface area contributed by atoms with Gasteiger partial charge in [0.15, 0.2) is 9.84 Å². The Morgan fingerprint density at radius 3 is 2.32 bits per heavy atom. The maximum absolute atomic E-state index is 12.7. The highest BCUT2D eigenvalue weighted by Gasteiger charge is 2.34. The van der Waals surface area contributed by atoms with Crippen LogP contribution in [0.4, 0.5) is 5.82 Å². The van der Waals surface area contributed by atoms with Crippen LogP contribution in [0.25, 0.3) is 0 Å². The third kappa shape index (κ3) is 4.18. The van der Waals surface area contributed by atoms with E-state index in [0.717, 1.165) is 32.0 Å². The summed E-state index contributed by atoms with van der Waals surface area (Å²) in [5, 5.41) is 0. The monoisotopic (exact) mass is 430 g/mol. The molecule has 3 aliphatic heterocycles. The quantitative estimate of drug-likeness (QED) is 0.625. The molecule has 0 bridgehead atoms. The Morgan fingerprint density at radius 1 is 1.04 bits per heavy atom. The highest BCUT2D eigenvalue weighted by molar-refractivity contribution is 7.91. The SMILES string of the molecule is O=S1(=O)CC[C@@H](N2CCN(c3ccc(S(=O)(=O)N4CCOCC4)cn3)CC2)C1. The van der Waals surface area contributed by atoms with Crippen molar-refractivity contribution in [1.82, 2.24) is 14.2 Å². The van der Waals surface area contributed by atoms with Crippen molar-refractivity contribution >= 4 is 25.7 Å². The van der Waals surface area contributed by atoms with Crippen LogP contribution in [0, 0.1) is 0 Å². The Hall–Kier alpha value is -1.27. The van der Waals surface area contributed by atoms with Crippen molar-refractivity contribution in [3.8, 4) is 0 Å². The molecule has 0 spiro atoms. The number of ether oxygens (including phenoxy) is 1. The van der Waals surface area contributed by atoms with Crippen LogP contribution in [-0.4, -0.2) is 101 Å². The minimum Gasteiger partial charge on any atom is -0.379 e. The van der Waals surface area contributed by atoms with Gasteiger partial charge in [0, 0.05) is 51.5 Å². The van der Waals surface area contributed by atoms with E-state index in [4.69, 9.17) is 4.74 Å². The molecule has 0 aliphatic carbocycles. The van der Waals surface area contributed by atoms with Crippen molar-refractivity contribution in [2.75, 3.05) is 68.9 Å². The first-order valence-electron chi connectivity index (χ1n) is 9.58. The van der Waals surface area contributed by atoms with Crippen molar-refractivity contribution in [2.45, 2.75) is 17.4 Å². The lowest BCUT2D eigenvalue weighted by Crippen LogP contribution is -2.51. The summed E-state index contributed by atoms with van der Waals surface area (Å²) >= 11 is 0. The summed E-state index contributed by atoms with van der Waals surface area (Å²) in [5.41, 5.74) is 0. The van der Waals surface area contributed by atoms with Crippen LogP contribution in [-0.2, 0) is 24.6 Å². The number of anilines is 1. The average Bonchev–Trinajstić information content (AvgIpc) is 3.09. The molecule has 0 unspecified atom stereocenters. The van der Waals surface area contributed by atoms with Crippen LogP contribution in [0.2, 0.25) is 0 Å². The molecule has 28 heavy (non-hydrogen) atoms. The molecule has 0 N–H and O–H groups in total. The predicted octanol–water partition coefficient (Wildman–Crippen LogP) is -0.588. The number of rotatable bonds is 4. The molecule has 0 aromatic carbocycles. The Bertz CT molecular complexity index is 890. The second kappa shape index (κ2) is 7.86. The van der Waals surface area contributed by atoms with Crippen molar-refractivity contribution in [1.29, 1.82) is 0 Å². The fraction of sp³-hybridized carbons (Fsp3) is 0.706. The first-order chi connectivity index (χ1) is 13.4. The average molecular weight is 431 g/mol. The molecule has 1 atom stereocenters. The number of morpholine rings is 1. The molecule has 3 saturated heterocycles. The van der Waals surface area contributed by atoms with Crippen LogP contribution in [0.1, 0.15) is 6.42 Å². The van der Waals surface area contributed by atoms with Crippen molar-refractivity contribution in [2.24, 2.45) is 0 Å². The van der Waals surface area contributed by atoms with E-state index in [9.17, 15) is 16.8 Å². The summed E-state index contributed by atoms with van der Waals surface area (Å²) < 4.78 is 55.4. The third-order valence-corrected chi connectivity index (χ3v) is 9.32. The van der Waals surface area contributed by atoms with Crippen LogP contribution in [0.3, 0.4) is 0 Å². The van der Waals surface area contributed by atoms with Gasteiger partial charge in [0.05, 0.1) is 24.7 Å². The Kier molecular flexibility index (Phi) is 5.62. The van der Waals surface area contributed by atoms with E-state index in [-0.39, 0.29) is 16.7 Å². The van der Waals surface area contributed by atoms with Gasteiger partial charge in [-0.15, -0.1) is 0 Å². The molecule has 4 rings (SSSR count). The zero-order valence-electron chi connectivity index (χ0n) is 15.7. The number of aromatic nitrogens is 1. The van der Waals surface area contributed by atoms with Gasteiger partial charge in [-0.25, -0.2) is 21.8 Å². The van der Waals surface area contributed by atoms with Crippen LogP contribution >= 0.6 is 0 Å². The highest BCUT2D eigenvalue weighted by Crippen LogP contribution is 2.23. The number of nitrogens with zero attached hydrogens (tertiary/aromatic N) is 4. The predicted molar refractivity (Wildman–Crippen MR) is 105 cm³/mol. The molecule has 1 aromatic heterocycles. The number of sulfone groups is 1. The molecule has 9 nitrogen and oxygen atoms in total. The maximum Gasteiger partial charge on any atom is 0.244 e. The standard InChI is InChI=1S/C17H26N4O5S2/c22-27(23)12-3-15(14-27)19-4-6-20(7-5-19)17-2-1-16(13-18-17)28(24,25)21-8-10-26-11-9-21/h1-2,13,15H,3-12,14H2/t15-/m1/s1. The summed E-state index contributed by atoms with van der Waals surface area (Å²) in [7, 11) is -6.41. The van der Waals surface area contributed by atoms with Crippen LogP contribution in [0.15, 0.2) is 23.2 Å². The first kappa shape index (κ1) is 20.0. The summed E-state index contributed by atoms with van der Waals surface area (Å²) in [4.78, 5) is 8.95. The number of hydrogen-bond donors (Lipinski definition) is 0. The van der Waals surface area contributed by atoms with E-state index in [1.165, 1.54) is 10.5 Å². The van der Waals surface area contributed by atoms with Gasteiger partial charge >= 0.3 is 0 Å². The van der Waals surface area contributed by atoms with E-state index in [0.29, 0.717) is 38.5 Å². The Balaban J connectivity index is 1.37. The largest absolute Gasteiger partial charge is 0.379 e. The maximum atomic E-state index is 12.7. The highest BCUT2D eigenvalue weighted by atomic mass is 32.2. The lowest BCUT2D eigenvalue weighted by molar-refractivity contribution is 0.0730. The topological polar surface area (TPSA) is 100 Å². The summed E-state index contributed by atoms with van der Waals surface area (Å²) in [6, 6.07) is 3.49. The second-order valence-corrected chi connectivity index (χ2v) is 11.6. The molecule has 3 aliphatic rings. The number of pyridine rings is 1. The minimum absolute atomic E-state index is 0.126. The van der Waals surface area contributed by atoms with Gasteiger partial charge in [0.2, 0.25) is 10.0 Å². The zero-order valence-corrected chi connectivity index (χ0v) is 17.4. The van der Waals surface area contributed by atoms with Gasteiger partial charge in [-0.1, -0.05) is 0 Å². The fourth-order valence-electron chi connectivity index (χ4n) is 4.03. The summed E-state index contributed by atoms with van der Waals surface area (Å²) in [6.07, 6.45) is 2.14. The Labute approximate surface area is 166 Å². The molecular weight excluding hydrogens is 404 g/mol. The van der Waals surface area contributed by atoms with Crippen molar-refractivity contribution in [3.63, 3.8) is 0 Å². The van der Waals surface area contributed by atoms with E-state index in [1.54, 1.807) is 12.1 Å². The lowest BCUT2D eigenvalue weighted by Gasteiger charge is -2.38. The number of piperazine rings is 1. The van der Waals surface area contributed by atoms with Crippen molar-refractivity contribution < 1.29 is 21.6 Å². The van der Waals surface area contributed by atoms with Crippen molar-refractivity contribution in [3.05, 3.63) is 18.3 Å². The lowest BCUT2D eigenvalue weighted by atomic mass is 10.2. The molecule has 0 saturated carbocycles. The molecular formula is C17H26N4O5S2. The van der Waals surface area contributed by atoms with Gasteiger partial charge in [-0.2, -0.15) is 4.31 Å². The van der Waals surface area contributed by atoms with E-state index < -0.39 is 19.9 Å². The van der Waals surface area contributed by atoms with Crippen LogP contribution in [0.5, 0.6) is 0 Å². The molecule has 0 amide bonds. The van der Waals surface area contributed by atoms with E-state index in [2.05, 4.69) is 14.8 Å². The normalized spacial score (nSPS) is 27.1. The van der Waals surface area contributed by atoms with Gasteiger partial charge in [-0.3, -0.25) is 4.90 Å². The molecule has 11 heteroatoms. The van der Waals surface area contributed by atoms with Gasteiger partial charge in [0.25, 0.3) is 0 Å². The Morgan fingerprint density at radius 2 is 1.75 bits per heavy atom. The zero-order chi connectivity index (χ0) is 19.8. The number of sulfonamides is 1. The smallest absolute Gasteiger partial charge is 0.244 e. The molecule has 3 fully saturated rings. The molecule has 0 radical (unpaired) electrons. The summed E-state index contributed by atoms with van der Waals surface area (Å²) in [5.74, 6) is 1.30. The molecule has 1 aromatic rings. The van der Waals surface area contributed by atoms with Gasteiger partial charge < -0.3 is 9.64 Å². The third-order valence-electron chi connectivity index (χ3n) is 5.69. The fourth-order valence-corrected chi connectivity index (χ4v) is 7.14. The van der Waals surface area contributed by atoms with Crippen LogP contribution < -0.4 is 4.90 Å². The molecule has 156 valence electrons. The second-order valence-electron chi connectivity index (χ2n) is 7.45. The summed E-state index contributed by atoms with van der Waals surface area (Å²) in [6.45, 7) is 4.63. The van der Waals surface area contributed by atoms with E-state index in [1.807, 2.05) is 0 Å². The number of hydrogen-bond acceptors (Lipinski definition) is 8. The first-order valence-corrected chi connectivity index (χ1v) is 12.8. The van der Waals surface area contributed by atoms with E-state index >= 15 is 0 Å². The van der Waals surface area contributed by atoms with Gasteiger partial charge in [-0.05, 0) is 18.6 Å². The molecule has 4 heterocycles. The van der Waals surface area contributed by atoms with Gasteiger partial charge in [0.1, 0.15) is 10.7 Å².